The van der Waals surface area contributed by atoms with Crippen molar-refractivity contribution in [3.8, 4) is 0 Å². The number of esters is 2. The number of hydrogen-bond acceptors (Lipinski definition) is 9. The van der Waals surface area contributed by atoms with E-state index in [1.165, 1.54) is 89.5 Å². The van der Waals surface area contributed by atoms with Crippen molar-refractivity contribution in [2.75, 3.05) is 31.8 Å². The molecule has 0 bridgehead atoms. The fourth-order valence-electron chi connectivity index (χ4n) is 3.59. The lowest BCUT2D eigenvalue weighted by molar-refractivity contribution is -0.192. The van der Waals surface area contributed by atoms with Crippen molar-refractivity contribution >= 4 is 35.6 Å². The molecule has 0 rings (SSSR count). The summed E-state index contributed by atoms with van der Waals surface area (Å²) < 4.78 is 41.5. The topological polar surface area (TPSA) is 165 Å². The van der Waals surface area contributed by atoms with Crippen LogP contribution in [-0.4, -0.2) is 84.1 Å². The van der Waals surface area contributed by atoms with Crippen molar-refractivity contribution in [2.24, 2.45) is 5.73 Å². The Morgan fingerprint density at radius 1 is 0.881 bits per heavy atom. The molecule has 248 valence electrons. The van der Waals surface area contributed by atoms with Crippen LogP contribution >= 0.6 is 11.8 Å². The third-order valence-electron chi connectivity index (χ3n) is 6.04. The lowest BCUT2D eigenvalue weighted by Gasteiger charge is -2.17. The Labute approximate surface area is 252 Å². The van der Waals surface area contributed by atoms with E-state index in [2.05, 4.69) is 17.0 Å². The zero-order valence-electron chi connectivity index (χ0n) is 25.1. The summed E-state index contributed by atoms with van der Waals surface area (Å²) in [5, 5.41) is 18.6. The maximum absolute atomic E-state index is 12.0. The first-order valence-corrected chi connectivity index (χ1v) is 15.8. The Bertz CT molecular complexity index is 730. The fourth-order valence-corrected chi connectivity index (χ4v) is 4.49. The quantitative estimate of drug-likeness (QED) is 0.0862. The van der Waals surface area contributed by atoms with Crippen molar-refractivity contribution in [3.05, 3.63) is 0 Å². The average Bonchev–Trinajstić information content (AvgIpc) is 2.95. The van der Waals surface area contributed by atoms with Crippen LogP contribution < -0.4 is 11.1 Å². The predicted molar refractivity (Wildman–Crippen MR) is 156 cm³/mol. The third kappa shape index (κ3) is 26.8. The molecule has 10 nitrogen and oxygen atoms in total. The summed E-state index contributed by atoms with van der Waals surface area (Å²) in [5.41, 5.74) is 5.81. The molecule has 0 saturated carbocycles. The molecule has 5 N–H and O–H groups in total. The number of aliphatic hydroxyl groups is 1. The van der Waals surface area contributed by atoms with E-state index >= 15 is 0 Å². The standard InChI is InChI=1S/C26H50N2O6S.C2HF3O2/c1-3-4-5-6-7-8-9-10-11-12-13-14-15-17-24(30)34-18-16-19-35-21-22(27)25(31)28-23(20-29)26(32)33-2;3-2(4,5)1(6)7/h22-23,29H,3-21,27H2,1-2H3,(H,28,31);(H,6,7)/t22-,23-;/m0./s1. The second-order valence-electron chi connectivity index (χ2n) is 9.82. The van der Waals surface area contributed by atoms with Crippen molar-refractivity contribution in [1.29, 1.82) is 0 Å². The van der Waals surface area contributed by atoms with E-state index in [-0.39, 0.29) is 5.97 Å². The van der Waals surface area contributed by atoms with E-state index in [0.717, 1.165) is 12.8 Å². The van der Waals surface area contributed by atoms with Crippen LogP contribution in [0.1, 0.15) is 103 Å². The summed E-state index contributed by atoms with van der Waals surface area (Å²) in [6, 6.07) is -1.92. The van der Waals surface area contributed by atoms with Crippen LogP contribution in [-0.2, 0) is 28.7 Å². The molecule has 0 aliphatic heterocycles. The van der Waals surface area contributed by atoms with Crippen molar-refractivity contribution in [3.63, 3.8) is 0 Å². The van der Waals surface area contributed by atoms with Crippen molar-refractivity contribution in [2.45, 2.75) is 121 Å². The van der Waals surface area contributed by atoms with Crippen molar-refractivity contribution < 1.29 is 52.0 Å². The lowest BCUT2D eigenvalue weighted by atomic mass is 10.0. The number of alkyl halides is 3. The van der Waals surface area contributed by atoms with Crippen LogP contribution in [0, 0.1) is 0 Å². The minimum absolute atomic E-state index is 0.146. The number of carboxylic acids is 1. The second-order valence-corrected chi connectivity index (χ2v) is 11.0. The first-order chi connectivity index (χ1) is 19.9. The van der Waals surface area contributed by atoms with Gasteiger partial charge in [0.2, 0.25) is 5.91 Å². The number of methoxy groups -OCH3 is 1. The van der Waals surface area contributed by atoms with Gasteiger partial charge in [0.1, 0.15) is 0 Å². The van der Waals surface area contributed by atoms with Gasteiger partial charge in [-0.05, 0) is 18.6 Å². The number of halogens is 3. The Morgan fingerprint density at radius 2 is 1.36 bits per heavy atom. The van der Waals surface area contributed by atoms with Crippen molar-refractivity contribution in [1.82, 2.24) is 5.32 Å². The number of thioether (sulfide) groups is 1. The number of aliphatic hydroxyl groups excluding tert-OH is 1. The molecule has 0 spiro atoms. The number of amides is 1. The van der Waals surface area contributed by atoms with Gasteiger partial charge in [-0.2, -0.15) is 24.9 Å². The predicted octanol–water partition coefficient (Wildman–Crippen LogP) is 4.74. The van der Waals surface area contributed by atoms with Gasteiger partial charge >= 0.3 is 24.1 Å². The molecule has 0 aromatic rings. The number of ether oxygens (including phenoxy) is 2. The summed E-state index contributed by atoms with van der Waals surface area (Å²) >= 11 is 1.47. The van der Waals surface area contributed by atoms with Crippen LogP contribution in [0.4, 0.5) is 13.2 Å². The molecule has 0 heterocycles. The van der Waals surface area contributed by atoms with Gasteiger partial charge in [0, 0.05) is 12.2 Å². The van der Waals surface area contributed by atoms with E-state index in [4.69, 9.17) is 25.5 Å². The smallest absolute Gasteiger partial charge is 0.475 e. The number of nitrogens with two attached hydrogens (primary N) is 1. The Balaban J connectivity index is 0. The van der Waals surface area contributed by atoms with Gasteiger partial charge in [0.05, 0.1) is 26.4 Å². The van der Waals surface area contributed by atoms with Gasteiger partial charge in [-0.3, -0.25) is 9.59 Å². The fraction of sp³-hybridized carbons (Fsp3) is 0.857. The molecule has 1 amide bonds. The van der Waals surface area contributed by atoms with Gasteiger partial charge < -0.3 is 30.7 Å². The van der Waals surface area contributed by atoms with E-state index in [1.807, 2.05) is 0 Å². The Kier molecular flexibility index (Phi) is 27.8. The number of unbranched alkanes of at least 4 members (excludes halogenated alkanes) is 12. The number of aliphatic carboxylic acids is 1. The molecular weight excluding hydrogens is 581 g/mol. The molecule has 0 saturated heterocycles. The first kappa shape index (κ1) is 42.1. The number of carboxylic acid groups (broad SMARTS) is 1. The van der Waals surface area contributed by atoms with Gasteiger partial charge in [0.15, 0.2) is 6.04 Å². The first-order valence-electron chi connectivity index (χ1n) is 14.7. The monoisotopic (exact) mass is 632 g/mol. The molecule has 0 unspecified atom stereocenters. The average molecular weight is 633 g/mol. The van der Waals surface area contributed by atoms with Crippen LogP contribution in [0.15, 0.2) is 0 Å². The van der Waals surface area contributed by atoms with Crippen LogP contribution in [0.2, 0.25) is 0 Å². The van der Waals surface area contributed by atoms with Gasteiger partial charge in [0.25, 0.3) is 0 Å². The lowest BCUT2D eigenvalue weighted by Crippen LogP contribution is -2.51. The molecule has 0 radical (unpaired) electrons. The number of carbonyl (C=O) groups excluding carboxylic acids is 3. The largest absolute Gasteiger partial charge is 0.490 e. The molecule has 0 aromatic heterocycles. The van der Waals surface area contributed by atoms with Gasteiger partial charge in [-0.25, -0.2) is 9.59 Å². The normalized spacial score (nSPS) is 12.5. The molecule has 0 aliphatic rings. The molecule has 0 aliphatic carbocycles. The molecular formula is C28H51F3N2O8S. The molecule has 0 aromatic carbocycles. The number of carbonyl (C=O) groups is 4. The van der Waals surface area contributed by atoms with Gasteiger partial charge in [-0.1, -0.05) is 84.0 Å². The maximum Gasteiger partial charge on any atom is 0.490 e. The molecule has 2 atom stereocenters. The molecule has 0 fully saturated rings. The van der Waals surface area contributed by atoms with Crippen LogP contribution in [0.5, 0.6) is 0 Å². The van der Waals surface area contributed by atoms with E-state index in [0.29, 0.717) is 31.0 Å². The van der Waals surface area contributed by atoms with Crippen LogP contribution in [0.25, 0.3) is 0 Å². The summed E-state index contributed by atoms with van der Waals surface area (Å²) in [6.45, 7) is 2.06. The Morgan fingerprint density at radius 3 is 1.79 bits per heavy atom. The summed E-state index contributed by atoms with van der Waals surface area (Å²) in [7, 11) is 1.18. The highest BCUT2D eigenvalue weighted by atomic mass is 32.2. The van der Waals surface area contributed by atoms with E-state index < -0.39 is 42.7 Å². The zero-order valence-corrected chi connectivity index (χ0v) is 25.9. The van der Waals surface area contributed by atoms with E-state index in [1.54, 1.807) is 0 Å². The highest BCUT2D eigenvalue weighted by Gasteiger charge is 2.38. The summed E-state index contributed by atoms with van der Waals surface area (Å²) in [6.07, 6.45) is 12.7. The van der Waals surface area contributed by atoms with Gasteiger partial charge in [-0.15, -0.1) is 0 Å². The number of nitrogens with one attached hydrogen (secondary N) is 1. The minimum Gasteiger partial charge on any atom is -0.475 e. The minimum atomic E-state index is -5.08. The number of hydrogen-bond donors (Lipinski definition) is 4. The maximum atomic E-state index is 12.0. The Hall–Kier alpha value is -2.06. The van der Waals surface area contributed by atoms with E-state index in [9.17, 15) is 27.6 Å². The second kappa shape index (κ2) is 27.8. The summed E-state index contributed by atoms with van der Waals surface area (Å²) in [5.74, 6) is -3.09. The number of rotatable bonds is 24. The van der Waals surface area contributed by atoms with Crippen LogP contribution in [0.3, 0.4) is 0 Å². The summed E-state index contributed by atoms with van der Waals surface area (Å²) in [4.78, 5) is 44.1. The third-order valence-corrected chi connectivity index (χ3v) is 7.21. The molecule has 42 heavy (non-hydrogen) atoms. The molecule has 14 heteroatoms. The zero-order chi connectivity index (χ0) is 32.2. The highest BCUT2D eigenvalue weighted by molar-refractivity contribution is 7.99. The SMILES string of the molecule is CCCCCCCCCCCCCCCC(=O)OCCCSC[C@H](N)C(=O)N[C@@H](CO)C(=O)OC.O=C(O)C(F)(F)F. The highest BCUT2D eigenvalue weighted by Crippen LogP contribution is 2.14.